The zero-order valence-electron chi connectivity index (χ0n) is 11.9. The monoisotopic (exact) mass is 277 g/mol. The molecule has 1 aromatic rings. The summed E-state index contributed by atoms with van der Waals surface area (Å²) in [5, 5.41) is 0. The lowest BCUT2D eigenvalue weighted by Crippen LogP contribution is -2.23. The van der Waals surface area contributed by atoms with Crippen LogP contribution in [0.4, 0.5) is 4.39 Å². The minimum absolute atomic E-state index is 0.0619. The third-order valence-corrected chi connectivity index (χ3v) is 3.20. The van der Waals surface area contributed by atoms with Crippen molar-refractivity contribution in [3.05, 3.63) is 29.6 Å². The largest absolute Gasteiger partial charge is 0.491 e. The molecule has 20 heavy (non-hydrogen) atoms. The van der Waals surface area contributed by atoms with E-state index in [0.717, 1.165) is 12.8 Å². The molecule has 0 aromatic heterocycles. The quantitative estimate of drug-likeness (QED) is 0.863. The summed E-state index contributed by atoms with van der Waals surface area (Å²) in [5.74, 6) is 5.61. The predicted molar refractivity (Wildman–Crippen MR) is 76.0 cm³/mol. The van der Waals surface area contributed by atoms with E-state index >= 15 is 0 Å². The van der Waals surface area contributed by atoms with E-state index in [9.17, 15) is 4.39 Å². The van der Waals surface area contributed by atoms with Crippen molar-refractivity contribution in [3.8, 4) is 17.6 Å². The Morgan fingerprint density at radius 3 is 2.90 bits per heavy atom. The molecule has 2 N–H and O–H groups in total. The van der Waals surface area contributed by atoms with Crippen molar-refractivity contribution in [1.29, 1.82) is 0 Å². The Bertz CT molecular complexity index is 531. The molecule has 0 radical (unpaired) electrons. The average Bonchev–Trinajstić information content (AvgIpc) is 2.73. The Balaban J connectivity index is 1.97. The Labute approximate surface area is 119 Å². The van der Waals surface area contributed by atoms with E-state index in [0.29, 0.717) is 17.9 Å². The van der Waals surface area contributed by atoms with Crippen molar-refractivity contribution in [1.82, 2.24) is 0 Å². The minimum Gasteiger partial charge on any atom is -0.491 e. The second-order valence-corrected chi connectivity index (χ2v) is 5.53. The number of ether oxygens (including phenoxy) is 2. The average molecular weight is 277 g/mol. The van der Waals surface area contributed by atoms with E-state index in [1.54, 1.807) is 6.07 Å². The van der Waals surface area contributed by atoms with Crippen LogP contribution in [0.3, 0.4) is 0 Å². The lowest BCUT2D eigenvalue weighted by molar-refractivity contribution is -0.0326. The molecule has 1 heterocycles. The van der Waals surface area contributed by atoms with Crippen LogP contribution in [0.5, 0.6) is 5.75 Å². The molecule has 1 unspecified atom stereocenters. The molecule has 3 nitrogen and oxygen atoms in total. The van der Waals surface area contributed by atoms with Crippen molar-refractivity contribution in [2.75, 3.05) is 13.2 Å². The van der Waals surface area contributed by atoms with Gasteiger partial charge in [-0.3, -0.25) is 0 Å². The maximum atomic E-state index is 13.5. The van der Waals surface area contributed by atoms with Crippen molar-refractivity contribution >= 4 is 0 Å². The van der Waals surface area contributed by atoms with Gasteiger partial charge in [-0.05, 0) is 38.8 Å². The van der Waals surface area contributed by atoms with Crippen LogP contribution >= 0.6 is 0 Å². The first kappa shape index (κ1) is 14.8. The zero-order valence-corrected chi connectivity index (χ0v) is 11.9. The van der Waals surface area contributed by atoms with Crippen molar-refractivity contribution < 1.29 is 13.9 Å². The van der Waals surface area contributed by atoms with Crippen molar-refractivity contribution in [2.24, 2.45) is 5.73 Å². The highest BCUT2D eigenvalue weighted by Gasteiger charge is 2.31. The summed E-state index contributed by atoms with van der Waals surface area (Å²) in [6.45, 7) is 4.81. The minimum atomic E-state index is -0.364. The van der Waals surface area contributed by atoms with Gasteiger partial charge in [0.05, 0.1) is 18.2 Å². The van der Waals surface area contributed by atoms with Crippen LogP contribution in [0.1, 0.15) is 32.3 Å². The highest BCUT2D eigenvalue weighted by atomic mass is 19.1. The Kier molecular flexibility index (Phi) is 4.64. The molecule has 0 amide bonds. The molecule has 1 atom stereocenters. The SMILES string of the molecule is CC1(C)CCC(COc2cc(F)cc(C#CCN)c2)O1. The molecular formula is C16H20FNO2. The highest BCUT2D eigenvalue weighted by molar-refractivity contribution is 5.40. The predicted octanol–water partition coefficient (Wildman–Crippen LogP) is 2.47. The van der Waals surface area contributed by atoms with E-state index in [-0.39, 0.29) is 24.1 Å². The van der Waals surface area contributed by atoms with E-state index in [1.165, 1.54) is 12.1 Å². The highest BCUT2D eigenvalue weighted by Crippen LogP contribution is 2.29. The fourth-order valence-electron chi connectivity index (χ4n) is 2.26. The molecule has 1 saturated heterocycles. The summed E-state index contributed by atoms with van der Waals surface area (Å²) in [6.07, 6.45) is 2.03. The van der Waals surface area contributed by atoms with E-state index < -0.39 is 0 Å². The summed E-state index contributed by atoms with van der Waals surface area (Å²) in [6, 6.07) is 4.43. The molecule has 1 fully saturated rings. The molecule has 0 bridgehead atoms. The number of halogens is 1. The lowest BCUT2D eigenvalue weighted by atomic mass is 10.1. The summed E-state index contributed by atoms with van der Waals surface area (Å²) < 4.78 is 24.9. The third-order valence-electron chi connectivity index (χ3n) is 3.20. The Hall–Kier alpha value is -1.57. The van der Waals surface area contributed by atoms with E-state index in [2.05, 4.69) is 25.7 Å². The van der Waals surface area contributed by atoms with Crippen LogP contribution < -0.4 is 10.5 Å². The lowest BCUT2D eigenvalue weighted by Gasteiger charge is -2.19. The number of rotatable bonds is 3. The first-order valence-electron chi connectivity index (χ1n) is 6.79. The van der Waals surface area contributed by atoms with Crippen molar-refractivity contribution in [3.63, 3.8) is 0 Å². The summed E-state index contributed by atoms with van der Waals surface area (Å²) in [7, 11) is 0. The maximum Gasteiger partial charge on any atom is 0.128 e. The number of nitrogens with two attached hydrogens (primary N) is 1. The maximum absolute atomic E-state index is 13.5. The van der Waals surface area contributed by atoms with Gasteiger partial charge >= 0.3 is 0 Å². The smallest absolute Gasteiger partial charge is 0.128 e. The first-order valence-corrected chi connectivity index (χ1v) is 6.79. The summed E-state index contributed by atoms with van der Waals surface area (Å²) >= 11 is 0. The van der Waals surface area contributed by atoms with Crippen LogP contribution in [-0.4, -0.2) is 24.9 Å². The molecule has 0 aliphatic carbocycles. The molecule has 1 aliphatic heterocycles. The van der Waals surface area contributed by atoms with Gasteiger partial charge in [0, 0.05) is 11.6 Å². The molecule has 0 spiro atoms. The van der Waals surface area contributed by atoms with Gasteiger partial charge in [0.2, 0.25) is 0 Å². The normalized spacial score (nSPS) is 20.3. The Morgan fingerprint density at radius 2 is 2.25 bits per heavy atom. The second-order valence-electron chi connectivity index (χ2n) is 5.53. The van der Waals surface area contributed by atoms with Gasteiger partial charge in [-0.2, -0.15) is 0 Å². The molecule has 1 aromatic carbocycles. The topological polar surface area (TPSA) is 44.5 Å². The standard InChI is InChI=1S/C16H20FNO2/c1-16(2)6-5-14(20-16)11-19-15-9-12(4-3-7-18)8-13(17)10-15/h8-10,14H,5-7,11,18H2,1-2H3. The van der Waals surface area contributed by atoms with Gasteiger partial charge in [-0.25, -0.2) is 4.39 Å². The first-order chi connectivity index (χ1) is 9.48. The van der Waals surface area contributed by atoms with Gasteiger partial charge in [-0.15, -0.1) is 0 Å². The molecule has 0 saturated carbocycles. The molecule has 2 rings (SSSR count). The van der Waals surface area contributed by atoms with Gasteiger partial charge in [-0.1, -0.05) is 11.8 Å². The number of hydrogen-bond donors (Lipinski definition) is 1. The van der Waals surface area contributed by atoms with E-state index in [4.69, 9.17) is 15.2 Å². The summed E-state index contributed by atoms with van der Waals surface area (Å²) in [5.41, 5.74) is 5.78. The van der Waals surface area contributed by atoms with Crippen LogP contribution in [-0.2, 0) is 4.74 Å². The van der Waals surface area contributed by atoms with Crippen LogP contribution in [0.15, 0.2) is 18.2 Å². The molecule has 1 aliphatic rings. The van der Waals surface area contributed by atoms with Gasteiger partial charge in [0.15, 0.2) is 0 Å². The summed E-state index contributed by atoms with van der Waals surface area (Å²) in [4.78, 5) is 0. The fourth-order valence-corrected chi connectivity index (χ4v) is 2.26. The number of benzene rings is 1. The van der Waals surface area contributed by atoms with Gasteiger partial charge in [0.1, 0.15) is 18.2 Å². The molecule has 4 heteroatoms. The molecular weight excluding hydrogens is 257 g/mol. The van der Waals surface area contributed by atoms with Crippen LogP contribution in [0, 0.1) is 17.7 Å². The zero-order chi connectivity index (χ0) is 14.6. The Morgan fingerprint density at radius 1 is 1.45 bits per heavy atom. The van der Waals surface area contributed by atoms with Gasteiger partial charge in [0.25, 0.3) is 0 Å². The van der Waals surface area contributed by atoms with Crippen molar-refractivity contribution in [2.45, 2.75) is 38.4 Å². The van der Waals surface area contributed by atoms with Crippen LogP contribution in [0.2, 0.25) is 0 Å². The number of hydrogen-bond acceptors (Lipinski definition) is 3. The van der Waals surface area contributed by atoms with Crippen LogP contribution in [0.25, 0.3) is 0 Å². The fraction of sp³-hybridized carbons (Fsp3) is 0.500. The molecule has 108 valence electrons. The van der Waals surface area contributed by atoms with E-state index in [1.807, 2.05) is 0 Å². The van der Waals surface area contributed by atoms with Gasteiger partial charge < -0.3 is 15.2 Å². The second kappa shape index (κ2) is 6.25. The third kappa shape index (κ3) is 4.22.